The maximum Gasteiger partial charge on any atom is 0.342 e. The zero-order valence-corrected chi connectivity index (χ0v) is 20.2. The Morgan fingerprint density at radius 2 is 1.38 bits per heavy atom. The number of hydrogen-bond donors (Lipinski definition) is 2. The van der Waals surface area contributed by atoms with Crippen LogP contribution in [0.25, 0.3) is 0 Å². The molecule has 0 unspecified atom stereocenters. The summed E-state index contributed by atoms with van der Waals surface area (Å²) in [5, 5.41) is 21.9. The highest BCUT2D eigenvalue weighted by Gasteiger charge is 2.38. The average molecular weight is 505 g/mol. The van der Waals surface area contributed by atoms with Gasteiger partial charge in [0.2, 0.25) is 6.79 Å². The fourth-order valence-corrected chi connectivity index (χ4v) is 6.14. The molecule has 0 fully saturated rings. The minimum absolute atomic E-state index is 0.0250. The Labute approximate surface area is 202 Å². The van der Waals surface area contributed by atoms with E-state index in [0.29, 0.717) is 21.3 Å². The smallest absolute Gasteiger partial charge is 0.342 e. The molecular formula is C23H20O9S2. The third kappa shape index (κ3) is 3.76. The molecule has 0 bridgehead atoms. The second-order valence-corrected chi connectivity index (χ2v) is 9.85. The molecule has 0 saturated heterocycles. The highest BCUT2D eigenvalue weighted by molar-refractivity contribution is 7.14. The number of carbonyl (C=O) groups excluding carboxylic acids is 3. The van der Waals surface area contributed by atoms with E-state index in [1.54, 1.807) is 26.0 Å². The zero-order chi connectivity index (χ0) is 24.7. The van der Waals surface area contributed by atoms with Crippen molar-refractivity contribution in [3.05, 3.63) is 54.4 Å². The molecule has 0 aliphatic carbocycles. The number of hydrogen-bond acceptors (Lipinski definition) is 11. The lowest BCUT2D eigenvalue weighted by molar-refractivity contribution is 0.0588. The van der Waals surface area contributed by atoms with Gasteiger partial charge < -0.3 is 29.2 Å². The van der Waals surface area contributed by atoms with E-state index in [0.717, 1.165) is 22.7 Å². The van der Waals surface area contributed by atoms with Crippen molar-refractivity contribution in [1.82, 2.24) is 0 Å². The first-order valence-corrected chi connectivity index (χ1v) is 11.6. The van der Waals surface area contributed by atoms with Gasteiger partial charge in [0.25, 0.3) is 0 Å². The fraction of sp³-hybridized carbons (Fsp3) is 0.261. The van der Waals surface area contributed by atoms with Crippen LogP contribution in [0.3, 0.4) is 0 Å². The van der Waals surface area contributed by atoms with Crippen LogP contribution < -0.4 is 9.47 Å². The molecule has 0 spiro atoms. The number of ketones is 1. The van der Waals surface area contributed by atoms with Crippen molar-refractivity contribution in [3.63, 3.8) is 0 Å². The molecule has 3 heterocycles. The molecule has 1 aliphatic rings. The Kier molecular flexibility index (Phi) is 6.24. The lowest BCUT2D eigenvalue weighted by Gasteiger charge is -2.15. The van der Waals surface area contributed by atoms with Gasteiger partial charge in [-0.2, -0.15) is 0 Å². The van der Waals surface area contributed by atoms with Crippen molar-refractivity contribution in [2.75, 3.05) is 21.0 Å². The van der Waals surface area contributed by atoms with E-state index in [1.165, 1.54) is 20.3 Å². The highest BCUT2D eigenvalue weighted by Crippen LogP contribution is 2.49. The highest BCUT2D eigenvalue weighted by atomic mass is 32.1. The molecule has 3 aromatic rings. The number of methoxy groups -OCH3 is 2. The number of ether oxygens (including phenoxy) is 4. The lowest BCUT2D eigenvalue weighted by Crippen LogP contribution is -2.13. The number of aromatic hydroxyl groups is 2. The van der Waals surface area contributed by atoms with Crippen LogP contribution in [0, 0.1) is 13.8 Å². The van der Waals surface area contributed by atoms with Gasteiger partial charge in [0.15, 0.2) is 17.3 Å². The topological polar surface area (TPSA) is 129 Å². The van der Waals surface area contributed by atoms with Crippen LogP contribution in [0.5, 0.6) is 23.0 Å². The van der Waals surface area contributed by atoms with Crippen LogP contribution in [0.4, 0.5) is 0 Å². The summed E-state index contributed by atoms with van der Waals surface area (Å²) < 4.78 is 20.2. The van der Waals surface area contributed by atoms with Crippen molar-refractivity contribution >= 4 is 40.4 Å². The summed E-state index contributed by atoms with van der Waals surface area (Å²) in [5.74, 6) is -3.19. The summed E-state index contributed by atoms with van der Waals surface area (Å²) in [6.45, 7) is 3.25. The number of aryl methyl sites for hydroxylation is 2. The molecular weight excluding hydrogens is 484 g/mol. The Morgan fingerprint density at radius 3 is 1.88 bits per heavy atom. The molecule has 0 atom stereocenters. The van der Waals surface area contributed by atoms with Gasteiger partial charge in [-0.25, -0.2) is 9.59 Å². The fourth-order valence-electron chi connectivity index (χ4n) is 3.76. The maximum absolute atomic E-state index is 13.8. The quantitative estimate of drug-likeness (QED) is 0.376. The minimum atomic E-state index is -1.22. The first-order valence-electron chi connectivity index (χ1n) is 9.94. The van der Waals surface area contributed by atoms with E-state index < -0.39 is 35.1 Å². The van der Waals surface area contributed by atoms with Crippen LogP contribution in [0.1, 0.15) is 56.5 Å². The molecule has 178 valence electrons. The average Bonchev–Trinajstić information content (AvgIpc) is 3.48. The molecule has 1 aliphatic heterocycles. The van der Waals surface area contributed by atoms with Gasteiger partial charge in [0.05, 0.1) is 29.9 Å². The largest absolute Gasteiger partial charge is 0.506 e. The number of carbonyl (C=O) groups is 3. The van der Waals surface area contributed by atoms with Crippen molar-refractivity contribution in [2.24, 2.45) is 0 Å². The molecule has 1 aromatic carbocycles. The number of benzene rings is 1. The number of fused-ring (bicyclic) bond motifs is 1. The zero-order valence-electron chi connectivity index (χ0n) is 18.6. The van der Waals surface area contributed by atoms with Crippen LogP contribution >= 0.6 is 22.7 Å². The SMILES string of the molecule is COC(=O)c1c(C)sc(C(C(=O)c2ccc3c(c2)OCO3)c2sc(C)c(C(=O)OC)c2O)c1O. The van der Waals surface area contributed by atoms with Crippen LogP contribution in [-0.4, -0.2) is 48.9 Å². The number of rotatable bonds is 6. The molecule has 11 heteroatoms. The van der Waals surface area contributed by atoms with Gasteiger partial charge in [0.1, 0.15) is 22.6 Å². The molecule has 0 amide bonds. The van der Waals surface area contributed by atoms with Crippen molar-refractivity contribution in [1.29, 1.82) is 0 Å². The summed E-state index contributed by atoms with van der Waals surface area (Å²) in [6, 6.07) is 4.64. The predicted molar refractivity (Wildman–Crippen MR) is 123 cm³/mol. The summed E-state index contributed by atoms with van der Waals surface area (Å²) >= 11 is 2.05. The number of Topliss-reactive ketones (excluding diaryl/α,β-unsaturated/α-hetero) is 1. The Bertz CT molecular complexity index is 1250. The van der Waals surface area contributed by atoms with E-state index in [4.69, 9.17) is 18.9 Å². The molecule has 2 N–H and O–H groups in total. The van der Waals surface area contributed by atoms with Gasteiger partial charge in [-0.15, -0.1) is 22.7 Å². The molecule has 4 rings (SSSR count). The molecule has 9 nitrogen and oxygen atoms in total. The summed E-state index contributed by atoms with van der Waals surface area (Å²) in [6.07, 6.45) is 0. The summed E-state index contributed by atoms with van der Waals surface area (Å²) in [7, 11) is 2.37. The van der Waals surface area contributed by atoms with Gasteiger partial charge >= 0.3 is 11.9 Å². The summed E-state index contributed by atoms with van der Waals surface area (Å²) in [5.41, 5.74) is 0.100. The minimum Gasteiger partial charge on any atom is -0.506 e. The third-order valence-electron chi connectivity index (χ3n) is 5.39. The molecule has 0 saturated carbocycles. The number of thiophene rings is 2. The normalized spacial score (nSPS) is 12.1. The summed E-state index contributed by atoms with van der Waals surface area (Å²) in [4.78, 5) is 39.5. The van der Waals surface area contributed by atoms with Crippen molar-refractivity contribution in [2.45, 2.75) is 19.8 Å². The van der Waals surface area contributed by atoms with Crippen LogP contribution in [-0.2, 0) is 9.47 Å². The van der Waals surface area contributed by atoms with Crippen LogP contribution in [0.2, 0.25) is 0 Å². The third-order valence-corrected chi connectivity index (χ3v) is 7.71. The van der Waals surface area contributed by atoms with Crippen molar-refractivity contribution in [3.8, 4) is 23.0 Å². The standard InChI is InChI=1S/C23H20O9S2/c1-9-14(22(27)29-3)18(25)20(33-9)16(21-19(26)15(10(2)34-21)23(28)30-4)17(24)11-5-6-12-13(7-11)32-8-31-12/h5-7,16,25-26H,8H2,1-4H3. The van der Waals surface area contributed by atoms with Gasteiger partial charge in [-0.1, -0.05) is 0 Å². The molecule has 2 aromatic heterocycles. The van der Waals surface area contributed by atoms with Gasteiger partial charge in [0, 0.05) is 15.3 Å². The molecule has 34 heavy (non-hydrogen) atoms. The first kappa shape index (κ1) is 23.6. The van der Waals surface area contributed by atoms with Gasteiger partial charge in [-0.3, -0.25) is 4.79 Å². The Balaban J connectivity index is 1.93. The van der Waals surface area contributed by atoms with E-state index in [1.807, 2.05) is 0 Å². The van der Waals surface area contributed by atoms with E-state index in [9.17, 15) is 24.6 Å². The van der Waals surface area contributed by atoms with Crippen molar-refractivity contribution < 1.29 is 43.5 Å². The van der Waals surface area contributed by atoms with E-state index >= 15 is 0 Å². The molecule has 0 radical (unpaired) electrons. The van der Waals surface area contributed by atoms with Gasteiger partial charge in [-0.05, 0) is 32.0 Å². The maximum atomic E-state index is 13.8. The lowest BCUT2D eigenvalue weighted by atomic mass is 9.92. The van der Waals surface area contributed by atoms with E-state index in [2.05, 4.69) is 0 Å². The second kappa shape index (κ2) is 8.99. The monoisotopic (exact) mass is 504 g/mol. The Morgan fingerprint density at radius 1 is 0.882 bits per heavy atom. The second-order valence-electron chi connectivity index (χ2n) is 7.34. The number of esters is 2. The predicted octanol–water partition coefficient (Wildman–Crippen LogP) is 4.15. The Hall–Kier alpha value is -3.57. The first-order chi connectivity index (χ1) is 16.2. The van der Waals surface area contributed by atoms with E-state index in [-0.39, 0.29) is 33.2 Å². The van der Waals surface area contributed by atoms with Crippen LogP contribution in [0.15, 0.2) is 18.2 Å².